The van der Waals surface area contributed by atoms with Crippen LogP contribution in [-0.2, 0) is 17.8 Å². The maximum absolute atomic E-state index is 13.6. The quantitative estimate of drug-likeness (QED) is 0.422. The number of thiophene rings is 1. The van der Waals surface area contributed by atoms with Crippen molar-refractivity contribution in [3.8, 4) is 0 Å². The Kier molecular flexibility index (Phi) is 8.54. The number of anilines is 2. The Morgan fingerprint density at radius 3 is 2.74 bits per heavy atom. The number of benzene rings is 1. The fraction of sp³-hybridized carbons (Fsp3) is 0.444. The summed E-state index contributed by atoms with van der Waals surface area (Å²) in [5.41, 5.74) is 1.82. The van der Waals surface area contributed by atoms with E-state index in [4.69, 9.17) is 11.6 Å². The molecule has 0 radical (unpaired) electrons. The van der Waals surface area contributed by atoms with E-state index in [0.29, 0.717) is 24.6 Å². The van der Waals surface area contributed by atoms with Gasteiger partial charge in [-0.05, 0) is 44.3 Å². The summed E-state index contributed by atoms with van der Waals surface area (Å²) in [5.74, 6) is 0.245. The van der Waals surface area contributed by atoms with Crippen molar-refractivity contribution in [3.63, 3.8) is 0 Å². The highest BCUT2D eigenvalue weighted by molar-refractivity contribution is 7.19. The molecule has 4 heterocycles. The Morgan fingerprint density at radius 2 is 1.97 bits per heavy atom. The van der Waals surface area contributed by atoms with Gasteiger partial charge in [0.1, 0.15) is 22.8 Å². The molecule has 2 aliphatic rings. The molecule has 2 aliphatic heterocycles. The molecule has 1 N–H and O–H groups in total. The minimum atomic E-state index is -0.463. The van der Waals surface area contributed by atoms with Crippen LogP contribution in [0, 0.1) is 5.82 Å². The van der Waals surface area contributed by atoms with Crippen molar-refractivity contribution >= 4 is 50.6 Å². The second kappa shape index (κ2) is 12.0. The molecule has 1 saturated heterocycles. The number of carbonyl (C=O) groups is 1. The monoisotopic (exact) mass is 557 g/mol. The number of nitrogens with zero attached hydrogens (tertiary/aromatic N) is 6. The van der Waals surface area contributed by atoms with Crippen molar-refractivity contribution in [2.45, 2.75) is 13.0 Å². The normalized spacial score (nSPS) is 17.0. The fourth-order valence-corrected chi connectivity index (χ4v) is 6.25. The number of halogens is 2. The van der Waals surface area contributed by atoms with Crippen molar-refractivity contribution in [2.75, 3.05) is 71.8 Å². The summed E-state index contributed by atoms with van der Waals surface area (Å²) in [6.45, 7) is 8.40. The van der Waals surface area contributed by atoms with E-state index >= 15 is 0 Å². The molecule has 1 fully saturated rings. The molecular weight excluding hydrogens is 525 g/mol. The maximum atomic E-state index is 13.6. The van der Waals surface area contributed by atoms with Crippen LogP contribution in [-0.4, -0.2) is 102 Å². The average Bonchev–Trinajstić information content (AvgIpc) is 3.29. The lowest BCUT2D eigenvalue weighted by atomic mass is 10.0. The molecule has 0 saturated carbocycles. The Balaban J connectivity index is 1.19. The summed E-state index contributed by atoms with van der Waals surface area (Å²) in [4.78, 5) is 32.9. The number of hydrogen-bond donors (Lipinski definition) is 1. The topological polar surface area (TPSA) is 67.8 Å². The number of carbonyl (C=O) groups excluding carboxylic acids is 1. The minimum Gasteiger partial charge on any atom is -0.340 e. The smallest absolute Gasteiger partial charge is 0.246 e. The van der Waals surface area contributed by atoms with Crippen LogP contribution >= 0.6 is 22.9 Å². The van der Waals surface area contributed by atoms with Crippen LogP contribution in [0.15, 0.2) is 36.7 Å². The molecule has 0 unspecified atom stereocenters. The number of fused-ring (bicyclic) bond motifs is 3. The molecule has 38 heavy (non-hydrogen) atoms. The molecular formula is C27H33ClFN7OS. The lowest BCUT2D eigenvalue weighted by molar-refractivity contribution is -0.126. The third kappa shape index (κ3) is 6.32. The van der Waals surface area contributed by atoms with E-state index in [1.54, 1.807) is 29.5 Å². The van der Waals surface area contributed by atoms with Crippen LogP contribution in [0.5, 0.6) is 0 Å². The van der Waals surface area contributed by atoms with Gasteiger partial charge in [0.2, 0.25) is 5.91 Å². The minimum absolute atomic E-state index is 0.0445. The molecule has 0 aliphatic carbocycles. The number of piperazine rings is 1. The summed E-state index contributed by atoms with van der Waals surface area (Å²) in [7, 11) is 4.22. The van der Waals surface area contributed by atoms with Crippen molar-refractivity contribution in [2.24, 2.45) is 0 Å². The molecule has 2 aromatic heterocycles. The van der Waals surface area contributed by atoms with Gasteiger partial charge in [-0.15, -0.1) is 11.3 Å². The van der Waals surface area contributed by atoms with E-state index in [9.17, 15) is 9.18 Å². The number of likely N-dealkylation sites (N-methyl/N-ethyl adjacent to an activating group) is 1. The van der Waals surface area contributed by atoms with E-state index in [2.05, 4.69) is 44.1 Å². The van der Waals surface area contributed by atoms with E-state index in [0.717, 1.165) is 67.3 Å². The van der Waals surface area contributed by atoms with Crippen LogP contribution in [0.2, 0.25) is 5.02 Å². The lowest BCUT2D eigenvalue weighted by Gasteiger charge is -2.34. The van der Waals surface area contributed by atoms with E-state index < -0.39 is 5.82 Å². The first kappa shape index (κ1) is 27.0. The number of amides is 1. The largest absolute Gasteiger partial charge is 0.340 e. The Bertz CT molecular complexity index is 1320. The number of aromatic nitrogens is 2. The Labute approximate surface area is 231 Å². The first-order valence-electron chi connectivity index (χ1n) is 12.9. The van der Waals surface area contributed by atoms with Gasteiger partial charge >= 0.3 is 0 Å². The number of rotatable bonds is 8. The van der Waals surface area contributed by atoms with Crippen LogP contribution in [0.1, 0.15) is 10.4 Å². The zero-order valence-corrected chi connectivity index (χ0v) is 23.4. The fourth-order valence-electron chi connectivity index (χ4n) is 4.87. The number of nitrogens with one attached hydrogen (secondary N) is 1. The highest BCUT2D eigenvalue weighted by atomic mass is 35.5. The van der Waals surface area contributed by atoms with E-state index in [1.165, 1.54) is 18.0 Å². The predicted octanol–water partition coefficient (Wildman–Crippen LogP) is 3.85. The summed E-state index contributed by atoms with van der Waals surface area (Å²) in [6, 6.07) is 4.50. The maximum Gasteiger partial charge on any atom is 0.246 e. The van der Waals surface area contributed by atoms with E-state index in [-0.39, 0.29) is 10.9 Å². The summed E-state index contributed by atoms with van der Waals surface area (Å²) < 4.78 is 13.6. The predicted molar refractivity (Wildman–Crippen MR) is 152 cm³/mol. The first-order valence-corrected chi connectivity index (χ1v) is 14.1. The van der Waals surface area contributed by atoms with Gasteiger partial charge in [0.15, 0.2) is 0 Å². The molecule has 0 spiro atoms. The van der Waals surface area contributed by atoms with Crippen molar-refractivity contribution in [1.82, 2.24) is 29.6 Å². The molecule has 8 nitrogen and oxygen atoms in total. The molecule has 3 aromatic rings. The zero-order chi connectivity index (χ0) is 26.6. The van der Waals surface area contributed by atoms with Gasteiger partial charge in [-0.3, -0.25) is 14.6 Å². The van der Waals surface area contributed by atoms with Gasteiger partial charge in [0.05, 0.1) is 17.0 Å². The van der Waals surface area contributed by atoms with Crippen molar-refractivity contribution in [3.05, 3.63) is 58.0 Å². The highest BCUT2D eigenvalue weighted by Crippen LogP contribution is 2.38. The molecule has 0 atom stereocenters. The number of hydrogen-bond acceptors (Lipinski definition) is 8. The third-order valence-corrected chi connectivity index (χ3v) is 8.50. The van der Waals surface area contributed by atoms with Crippen molar-refractivity contribution in [1.29, 1.82) is 0 Å². The summed E-state index contributed by atoms with van der Waals surface area (Å²) in [6.07, 6.45) is 5.98. The lowest BCUT2D eigenvalue weighted by Crippen LogP contribution is -2.47. The highest BCUT2D eigenvalue weighted by Gasteiger charge is 2.26. The van der Waals surface area contributed by atoms with Gasteiger partial charge in [-0.25, -0.2) is 14.4 Å². The zero-order valence-electron chi connectivity index (χ0n) is 21.8. The van der Waals surface area contributed by atoms with Crippen LogP contribution < -0.4 is 5.32 Å². The molecule has 1 aromatic carbocycles. The molecule has 0 bridgehead atoms. The third-order valence-electron chi connectivity index (χ3n) is 7.08. The Morgan fingerprint density at radius 1 is 1.18 bits per heavy atom. The Hall–Kier alpha value is -2.63. The molecule has 1 amide bonds. The molecule has 11 heteroatoms. The van der Waals surface area contributed by atoms with Crippen molar-refractivity contribution < 1.29 is 9.18 Å². The van der Waals surface area contributed by atoms with Gasteiger partial charge < -0.3 is 15.1 Å². The molecule has 202 valence electrons. The van der Waals surface area contributed by atoms with Gasteiger partial charge in [0, 0.05) is 69.0 Å². The van der Waals surface area contributed by atoms with Gasteiger partial charge in [-0.1, -0.05) is 17.7 Å². The summed E-state index contributed by atoms with van der Waals surface area (Å²) >= 11 is 7.54. The first-order chi connectivity index (χ1) is 18.4. The van der Waals surface area contributed by atoms with Gasteiger partial charge in [0.25, 0.3) is 0 Å². The van der Waals surface area contributed by atoms with Gasteiger partial charge in [-0.2, -0.15) is 0 Å². The van der Waals surface area contributed by atoms with Crippen LogP contribution in [0.25, 0.3) is 10.2 Å². The summed E-state index contributed by atoms with van der Waals surface area (Å²) in [5, 5.41) is 4.27. The average molecular weight is 558 g/mol. The van der Waals surface area contributed by atoms with E-state index in [1.807, 2.05) is 11.0 Å². The van der Waals surface area contributed by atoms with Crippen LogP contribution in [0.4, 0.5) is 15.9 Å². The SMILES string of the molecule is CN(C)CCN1CCN(C/C=C/C(=O)N2CCc3c(sc4ncnc(Nc5ccc(F)c(Cl)c5)c34)C2)CC1. The standard InChI is InChI=1S/C27H33ClFN7OS/c1-33(2)10-11-35-14-12-34(13-15-35)8-3-4-24(37)36-9-7-20-23(17-36)38-27-25(20)26(30-18-31-27)32-19-5-6-22(29)21(28)16-19/h3-6,16,18H,7-15,17H2,1-2H3,(H,30,31,32)/b4-3+. The second-order valence-electron chi connectivity index (χ2n) is 10.0. The molecule has 5 rings (SSSR count). The van der Waals surface area contributed by atoms with Crippen LogP contribution in [0.3, 0.4) is 0 Å². The second-order valence-corrected chi connectivity index (χ2v) is 11.5.